The Bertz CT molecular complexity index is 536. The molecule has 0 radical (unpaired) electrons. The average molecular weight is 276 g/mol. The number of fused-ring (bicyclic) bond motifs is 1. The molecule has 0 aliphatic carbocycles. The first kappa shape index (κ1) is 12.2. The van der Waals surface area contributed by atoms with Crippen LogP contribution >= 0.6 is 23.1 Å². The Hall–Kier alpha value is -0.840. The Morgan fingerprint density at radius 1 is 1.39 bits per heavy atom. The topological polar surface area (TPSA) is 24.9 Å². The molecule has 18 heavy (non-hydrogen) atoms. The Labute approximate surface area is 116 Å². The van der Waals surface area contributed by atoms with Gasteiger partial charge in [0.05, 0.1) is 10.7 Å². The molecule has 1 N–H and O–H groups in total. The van der Waals surface area contributed by atoms with Crippen molar-refractivity contribution < 1.29 is 0 Å². The fraction of sp³-hybridized carbons (Fsp3) is 0.357. The molecule has 1 atom stereocenters. The van der Waals surface area contributed by atoms with E-state index in [0.29, 0.717) is 6.04 Å². The Morgan fingerprint density at radius 3 is 3.11 bits per heavy atom. The number of aromatic nitrogens is 1. The predicted octanol–water partition coefficient (Wildman–Crippen LogP) is 3.78. The number of hydrogen-bond donors (Lipinski definition) is 1. The predicted molar refractivity (Wildman–Crippen MR) is 78.2 cm³/mol. The third kappa shape index (κ3) is 2.60. The third-order valence-corrected chi connectivity index (χ3v) is 5.10. The zero-order valence-corrected chi connectivity index (χ0v) is 12.0. The molecular weight excluding hydrogens is 260 g/mol. The summed E-state index contributed by atoms with van der Waals surface area (Å²) in [6, 6.07) is 9.20. The minimum absolute atomic E-state index is 0.476. The van der Waals surface area contributed by atoms with E-state index in [1.165, 1.54) is 22.6 Å². The van der Waals surface area contributed by atoms with E-state index >= 15 is 0 Å². The quantitative estimate of drug-likeness (QED) is 0.923. The lowest BCUT2D eigenvalue weighted by Gasteiger charge is -2.25. The highest BCUT2D eigenvalue weighted by Crippen LogP contribution is 2.35. The minimum Gasteiger partial charge on any atom is -0.304 e. The number of aryl methyl sites for hydroxylation is 1. The summed E-state index contributed by atoms with van der Waals surface area (Å²) in [5.74, 6) is 1.20. The number of thioether (sulfide) groups is 1. The summed E-state index contributed by atoms with van der Waals surface area (Å²) < 4.78 is 0. The van der Waals surface area contributed by atoms with Crippen LogP contribution in [0.15, 0.2) is 34.5 Å². The Kier molecular flexibility index (Phi) is 3.68. The van der Waals surface area contributed by atoms with Gasteiger partial charge in [-0.25, -0.2) is 4.98 Å². The number of rotatable bonds is 3. The first-order valence-corrected chi connectivity index (χ1v) is 8.05. The van der Waals surface area contributed by atoms with Crippen molar-refractivity contribution in [3.63, 3.8) is 0 Å². The molecule has 0 saturated carbocycles. The highest BCUT2D eigenvalue weighted by molar-refractivity contribution is 7.99. The van der Waals surface area contributed by atoms with Crippen molar-refractivity contribution in [3.05, 3.63) is 45.9 Å². The zero-order valence-electron chi connectivity index (χ0n) is 10.3. The fourth-order valence-electron chi connectivity index (χ4n) is 2.27. The number of nitrogens with zero attached hydrogens (tertiary/aromatic N) is 1. The molecule has 0 amide bonds. The minimum atomic E-state index is 0.476. The monoisotopic (exact) mass is 276 g/mol. The summed E-state index contributed by atoms with van der Waals surface area (Å²) >= 11 is 3.69. The van der Waals surface area contributed by atoms with Gasteiger partial charge in [-0.3, -0.25) is 0 Å². The van der Waals surface area contributed by atoms with E-state index in [1.54, 1.807) is 11.3 Å². The second kappa shape index (κ2) is 5.43. The lowest BCUT2D eigenvalue weighted by molar-refractivity contribution is 0.506. The lowest BCUT2D eigenvalue weighted by Crippen LogP contribution is -2.24. The molecule has 2 aromatic rings. The average Bonchev–Trinajstić information content (AvgIpc) is 2.82. The van der Waals surface area contributed by atoms with Gasteiger partial charge in [0, 0.05) is 22.9 Å². The molecule has 0 spiro atoms. The molecule has 1 unspecified atom stereocenters. The van der Waals surface area contributed by atoms with Crippen LogP contribution in [0.4, 0.5) is 0 Å². The Morgan fingerprint density at radius 2 is 2.28 bits per heavy atom. The van der Waals surface area contributed by atoms with E-state index in [9.17, 15) is 0 Å². The molecule has 1 aliphatic heterocycles. The van der Waals surface area contributed by atoms with Crippen LogP contribution in [0.5, 0.6) is 0 Å². The summed E-state index contributed by atoms with van der Waals surface area (Å²) in [5.41, 5.74) is 2.61. The number of nitrogens with one attached hydrogen (secondary N) is 1. The van der Waals surface area contributed by atoms with Gasteiger partial charge in [0.2, 0.25) is 0 Å². The van der Waals surface area contributed by atoms with Crippen LogP contribution in [0.25, 0.3) is 0 Å². The number of thiazole rings is 1. The van der Waals surface area contributed by atoms with Crippen LogP contribution in [0.3, 0.4) is 0 Å². The maximum atomic E-state index is 4.50. The number of benzene rings is 1. The molecule has 0 bridgehead atoms. The molecule has 1 aromatic carbocycles. The van der Waals surface area contributed by atoms with Crippen molar-refractivity contribution in [2.45, 2.75) is 30.8 Å². The van der Waals surface area contributed by atoms with Gasteiger partial charge in [0.25, 0.3) is 0 Å². The molecule has 2 heterocycles. The maximum absolute atomic E-state index is 4.50. The van der Waals surface area contributed by atoms with Gasteiger partial charge in [0.15, 0.2) is 0 Å². The van der Waals surface area contributed by atoms with E-state index in [1.807, 2.05) is 11.8 Å². The van der Waals surface area contributed by atoms with Gasteiger partial charge >= 0.3 is 0 Å². The van der Waals surface area contributed by atoms with Gasteiger partial charge in [-0.1, -0.05) is 18.2 Å². The maximum Gasteiger partial charge on any atom is 0.0897 e. The highest BCUT2D eigenvalue weighted by Gasteiger charge is 2.19. The van der Waals surface area contributed by atoms with Crippen molar-refractivity contribution in [2.75, 3.05) is 5.75 Å². The molecular formula is C14H16N2S2. The number of hydrogen-bond acceptors (Lipinski definition) is 4. The van der Waals surface area contributed by atoms with Crippen LogP contribution in [-0.2, 0) is 6.54 Å². The van der Waals surface area contributed by atoms with E-state index in [0.717, 1.165) is 17.2 Å². The third-order valence-electron chi connectivity index (χ3n) is 3.15. The van der Waals surface area contributed by atoms with Crippen LogP contribution < -0.4 is 5.32 Å². The normalized spacial score (nSPS) is 18.6. The second-order valence-electron chi connectivity index (χ2n) is 4.47. The summed E-state index contributed by atoms with van der Waals surface area (Å²) in [4.78, 5) is 5.93. The summed E-state index contributed by atoms with van der Waals surface area (Å²) in [6.07, 6.45) is 1.20. The zero-order chi connectivity index (χ0) is 12.4. The first-order chi connectivity index (χ1) is 8.83. The largest absolute Gasteiger partial charge is 0.304 e. The van der Waals surface area contributed by atoms with Crippen molar-refractivity contribution in [3.8, 4) is 0 Å². The molecule has 1 aromatic heterocycles. The summed E-state index contributed by atoms with van der Waals surface area (Å²) in [5, 5.41) is 6.93. The van der Waals surface area contributed by atoms with Crippen molar-refractivity contribution in [2.24, 2.45) is 0 Å². The van der Waals surface area contributed by atoms with Gasteiger partial charge < -0.3 is 5.32 Å². The molecule has 0 fully saturated rings. The van der Waals surface area contributed by atoms with Gasteiger partial charge in [-0.2, -0.15) is 0 Å². The molecule has 94 valence electrons. The van der Waals surface area contributed by atoms with Crippen LogP contribution in [0.1, 0.15) is 28.7 Å². The van der Waals surface area contributed by atoms with Crippen LogP contribution in [0.2, 0.25) is 0 Å². The lowest BCUT2D eigenvalue weighted by atomic mass is 10.0. The molecule has 3 rings (SSSR count). The smallest absolute Gasteiger partial charge is 0.0897 e. The van der Waals surface area contributed by atoms with E-state index in [4.69, 9.17) is 0 Å². The SMILES string of the molecule is Cc1nc(CNC2CCSc3ccccc32)cs1. The summed E-state index contributed by atoms with van der Waals surface area (Å²) in [6.45, 7) is 2.93. The molecule has 4 heteroatoms. The van der Waals surface area contributed by atoms with Gasteiger partial charge in [0.1, 0.15) is 0 Å². The molecule has 0 saturated heterocycles. The van der Waals surface area contributed by atoms with E-state index in [-0.39, 0.29) is 0 Å². The van der Waals surface area contributed by atoms with E-state index < -0.39 is 0 Å². The summed E-state index contributed by atoms with van der Waals surface area (Å²) in [7, 11) is 0. The van der Waals surface area contributed by atoms with E-state index in [2.05, 4.69) is 46.9 Å². The van der Waals surface area contributed by atoms with Crippen molar-refractivity contribution in [1.29, 1.82) is 0 Å². The Balaban J connectivity index is 1.71. The van der Waals surface area contributed by atoms with Gasteiger partial charge in [-0.05, 0) is 30.7 Å². The van der Waals surface area contributed by atoms with Crippen molar-refractivity contribution in [1.82, 2.24) is 10.3 Å². The van der Waals surface area contributed by atoms with Crippen LogP contribution in [-0.4, -0.2) is 10.7 Å². The van der Waals surface area contributed by atoms with Crippen LogP contribution in [0, 0.1) is 6.92 Å². The standard InChI is InChI=1S/C14H16N2S2/c1-10-16-11(9-18-10)8-15-13-6-7-17-14-5-3-2-4-12(13)14/h2-5,9,13,15H,6-8H2,1H3. The first-order valence-electron chi connectivity index (χ1n) is 6.19. The molecule has 2 nitrogen and oxygen atoms in total. The fourth-order valence-corrected chi connectivity index (χ4v) is 4.01. The second-order valence-corrected chi connectivity index (χ2v) is 6.67. The molecule has 1 aliphatic rings. The highest BCUT2D eigenvalue weighted by atomic mass is 32.2. The van der Waals surface area contributed by atoms with Crippen molar-refractivity contribution >= 4 is 23.1 Å². The van der Waals surface area contributed by atoms with Gasteiger partial charge in [-0.15, -0.1) is 23.1 Å².